The molecule has 0 saturated carbocycles. The van der Waals surface area contributed by atoms with E-state index in [4.69, 9.17) is 9.15 Å². The molecule has 7 nitrogen and oxygen atoms in total. The van der Waals surface area contributed by atoms with Gasteiger partial charge in [-0.05, 0) is 15.9 Å². The van der Waals surface area contributed by atoms with Crippen LogP contribution in [0.4, 0.5) is 0 Å². The van der Waals surface area contributed by atoms with Crippen molar-refractivity contribution in [3.05, 3.63) is 16.9 Å². The van der Waals surface area contributed by atoms with E-state index in [1.807, 2.05) is 0 Å². The Labute approximate surface area is 99.0 Å². The van der Waals surface area contributed by atoms with Crippen LogP contribution in [-0.2, 0) is 4.74 Å². The minimum absolute atomic E-state index is 0.0170. The van der Waals surface area contributed by atoms with Gasteiger partial charge in [-0.3, -0.25) is 0 Å². The maximum Gasteiger partial charge on any atom is 0.417 e. The largest absolute Gasteiger partial charge is 0.422 e. The fourth-order valence-electron chi connectivity index (χ4n) is 0.891. The average Bonchev–Trinajstić information content (AvgIpc) is 2.76. The standard InChI is InChI=1S/C8H7BrN4O3/c1-14-4-15-8-13-12-7(16-8)6-10-2-5(9)3-11-6/h2-3H,4H2,1H3. The van der Waals surface area contributed by atoms with Gasteiger partial charge >= 0.3 is 6.08 Å². The Hall–Kier alpha value is -1.54. The van der Waals surface area contributed by atoms with Crippen LogP contribution < -0.4 is 4.74 Å². The molecule has 2 heterocycles. The summed E-state index contributed by atoms with van der Waals surface area (Å²) < 4.78 is 15.6. The van der Waals surface area contributed by atoms with Gasteiger partial charge < -0.3 is 13.9 Å². The third kappa shape index (κ3) is 2.52. The minimum atomic E-state index is 0.0170. The van der Waals surface area contributed by atoms with Gasteiger partial charge in [-0.2, -0.15) is 0 Å². The fourth-order valence-corrected chi connectivity index (χ4v) is 1.10. The maximum atomic E-state index is 5.15. The number of ether oxygens (including phenoxy) is 2. The van der Waals surface area contributed by atoms with E-state index in [1.165, 1.54) is 7.11 Å². The summed E-state index contributed by atoms with van der Waals surface area (Å²) in [5, 5.41) is 7.37. The second-order valence-corrected chi connectivity index (χ2v) is 3.56. The highest BCUT2D eigenvalue weighted by Crippen LogP contribution is 2.17. The van der Waals surface area contributed by atoms with E-state index < -0.39 is 0 Å². The summed E-state index contributed by atoms with van der Waals surface area (Å²) in [7, 11) is 1.50. The zero-order chi connectivity index (χ0) is 11.4. The van der Waals surface area contributed by atoms with Gasteiger partial charge in [0.25, 0.3) is 5.89 Å². The van der Waals surface area contributed by atoms with Crippen molar-refractivity contribution >= 4 is 15.9 Å². The zero-order valence-corrected chi connectivity index (χ0v) is 9.84. The van der Waals surface area contributed by atoms with Crippen LogP contribution >= 0.6 is 15.9 Å². The third-order valence-electron chi connectivity index (χ3n) is 1.52. The Balaban J connectivity index is 2.15. The minimum Gasteiger partial charge on any atom is -0.422 e. The summed E-state index contributed by atoms with van der Waals surface area (Å²) in [5.74, 6) is 0.529. The van der Waals surface area contributed by atoms with E-state index in [9.17, 15) is 0 Å². The molecule has 0 unspecified atom stereocenters. The van der Waals surface area contributed by atoms with Crippen molar-refractivity contribution < 1.29 is 13.9 Å². The zero-order valence-electron chi connectivity index (χ0n) is 8.25. The van der Waals surface area contributed by atoms with Crippen molar-refractivity contribution in [2.75, 3.05) is 13.9 Å². The van der Waals surface area contributed by atoms with Crippen molar-refractivity contribution in [3.63, 3.8) is 0 Å². The summed E-state index contributed by atoms with van der Waals surface area (Å²) >= 11 is 3.22. The predicted octanol–water partition coefficient (Wildman–Crippen LogP) is 1.27. The lowest BCUT2D eigenvalue weighted by Gasteiger charge is -1.96. The van der Waals surface area contributed by atoms with Crippen LogP contribution in [0.25, 0.3) is 11.7 Å². The number of rotatable bonds is 4. The van der Waals surface area contributed by atoms with Crippen LogP contribution in [0.3, 0.4) is 0 Å². The lowest BCUT2D eigenvalue weighted by Crippen LogP contribution is -1.98. The lowest BCUT2D eigenvalue weighted by atomic mass is 10.5. The normalized spacial score (nSPS) is 10.4. The second kappa shape index (κ2) is 4.99. The first kappa shape index (κ1) is 11.0. The van der Waals surface area contributed by atoms with E-state index >= 15 is 0 Å². The first-order valence-corrected chi connectivity index (χ1v) is 5.02. The molecular formula is C8H7BrN4O3. The number of aromatic nitrogens is 4. The second-order valence-electron chi connectivity index (χ2n) is 2.65. The Morgan fingerprint density at radius 1 is 1.31 bits per heavy atom. The molecule has 16 heavy (non-hydrogen) atoms. The molecule has 0 aromatic carbocycles. The van der Waals surface area contributed by atoms with Gasteiger partial charge in [-0.15, -0.1) is 5.10 Å². The molecule has 0 atom stereocenters. The molecule has 0 amide bonds. The highest BCUT2D eigenvalue weighted by Gasteiger charge is 2.11. The van der Waals surface area contributed by atoms with Gasteiger partial charge in [-0.25, -0.2) is 9.97 Å². The molecule has 0 saturated heterocycles. The van der Waals surface area contributed by atoms with Crippen molar-refractivity contribution in [1.82, 2.24) is 20.2 Å². The van der Waals surface area contributed by atoms with Gasteiger partial charge in [0.2, 0.25) is 5.82 Å². The van der Waals surface area contributed by atoms with Crippen LogP contribution in [-0.4, -0.2) is 34.1 Å². The van der Waals surface area contributed by atoms with Crippen molar-refractivity contribution in [2.24, 2.45) is 0 Å². The molecule has 0 spiro atoms. The molecule has 0 radical (unpaired) electrons. The van der Waals surface area contributed by atoms with E-state index in [0.29, 0.717) is 5.82 Å². The summed E-state index contributed by atoms with van der Waals surface area (Å²) in [6.45, 7) is 0.0445. The van der Waals surface area contributed by atoms with Gasteiger partial charge in [0, 0.05) is 19.5 Å². The van der Waals surface area contributed by atoms with Gasteiger partial charge in [0.15, 0.2) is 6.79 Å². The number of hydrogen-bond acceptors (Lipinski definition) is 7. The smallest absolute Gasteiger partial charge is 0.417 e. The van der Waals surface area contributed by atoms with Crippen LogP contribution in [0.1, 0.15) is 0 Å². The molecule has 84 valence electrons. The summed E-state index contributed by atoms with van der Waals surface area (Å²) in [5.41, 5.74) is 0. The third-order valence-corrected chi connectivity index (χ3v) is 1.93. The molecule has 8 heteroatoms. The van der Waals surface area contributed by atoms with Crippen molar-refractivity contribution in [1.29, 1.82) is 0 Å². The van der Waals surface area contributed by atoms with Crippen LogP contribution in [0.5, 0.6) is 6.08 Å². The summed E-state index contributed by atoms with van der Waals surface area (Å²) in [6, 6.07) is 0. The molecule has 2 aromatic heterocycles. The van der Waals surface area contributed by atoms with Crippen LogP contribution in [0, 0.1) is 0 Å². The van der Waals surface area contributed by atoms with Crippen molar-refractivity contribution in [3.8, 4) is 17.8 Å². The molecule has 0 bridgehead atoms. The molecule has 0 aliphatic carbocycles. The molecule has 2 rings (SSSR count). The highest BCUT2D eigenvalue weighted by atomic mass is 79.9. The fraction of sp³-hybridized carbons (Fsp3) is 0.250. The van der Waals surface area contributed by atoms with Gasteiger partial charge in [0.1, 0.15) is 0 Å². The molecule has 0 aliphatic heterocycles. The van der Waals surface area contributed by atoms with E-state index in [1.54, 1.807) is 12.4 Å². The average molecular weight is 287 g/mol. The molecule has 2 aromatic rings. The maximum absolute atomic E-state index is 5.15. The number of hydrogen-bond donors (Lipinski definition) is 0. The number of nitrogens with zero attached hydrogens (tertiary/aromatic N) is 4. The van der Waals surface area contributed by atoms with E-state index in [2.05, 4.69) is 40.8 Å². The monoisotopic (exact) mass is 286 g/mol. The van der Waals surface area contributed by atoms with Crippen LogP contribution in [0.15, 0.2) is 21.3 Å². The molecule has 0 aliphatic rings. The molecule has 0 fully saturated rings. The first-order valence-electron chi connectivity index (χ1n) is 4.23. The predicted molar refractivity (Wildman–Crippen MR) is 55.5 cm³/mol. The molecular weight excluding hydrogens is 280 g/mol. The van der Waals surface area contributed by atoms with E-state index in [-0.39, 0.29) is 18.8 Å². The summed E-state index contributed by atoms with van der Waals surface area (Å²) in [4.78, 5) is 8.00. The Bertz CT molecular complexity index is 459. The van der Waals surface area contributed by atoms with Gasteiger partial charge in [-0.1, -0.05) is 5.10 Å². The van der Waals surface area contributed by atoms with Crippen LogP contribution in [0.2, 0.25) is 0 Å². The SMILES string of the molecule is COCOc1nnc(-c2ncc(Br)cn2)o1. The Kier molecular flexibility index (Phi) is 3.42. The summed E-state index contributed by atoms with van der Waals surface area (Å²) in [6.07, 6.45) is 3.19. The molecule has 0 N–H and O–H groups in total. The van der Waals surface area contributed by atoms with Crippen molar-refractivity contribution in [2.45, 2.75) is 0 Å². The van der Waals surface area contributed by atoms with E-state index in [0.717, 1.165) is 4.47 Å². The Morgan fingerprint density at radius 3 is 2.75 bits per heavy atom. The quantitative estimate of drug-likeness (QED) is 0.783. The number of halogens is 1. The lowest BCUT2D eigenvalue weighted by molar-refractivity contribution is 0.0303. The number of methoxy groups -OCH3 is 1. The first-order chi connectivity index (χ1) is 7.79. The highest BCUT2D eigenvalue weighted by molar-refractivity contribution is 9.10. The topological polar surface area (TPSA) is 83.2 Å². The Morgan fingerprint density at radius 2 is 2.06 bits per heavy atom. The van der Waals surface area contributed by atoms with Gasteiger partial charge in [0.05, 0.1) is 4.47 Å².